The van der Waals surface area contributed by atoms with Crippen LogP contribution in [0.3, 0.4) is 0 Å². The van der Waals surface area contributed by atoms with Gasteiger partial charge in [-0.2, -0.15) is 0 Å². The average Bonchev–Trinajstić information content (AvgIpc) is 2.33. The zero-order chi connectivity index (χ0) is 14.0. The van der Waals surface area contributed by atoms with E-state index in [-0.39, 0.29) is 11.3 Å². The van der Waals surface area contributed by atoms with E-state index in [0.717, 1.165) is 15.0 Å². The van der Waals surface area contributed by atoms with Gasteiger partial charge < -0.3 is 11.1 Å². The molecule has 2 rings (SSSR count). The highest BCUT2D eigenvalue weighted by Crippen LogP contribution is 2.31. The van der Waals surface area contributed by atoms with Crippen molar-refractivity contribution in [1.82, 2.24) is 0 Å². The van der Waals surface area contributed by atoms with Crippen LogP contribution in [0.15, 0.2) is 45.3 Å². The van der Waals surface area contributed by atoms with Crippen molar-refractivity contribution in [3.8, 4) is 0 Å². The van der Waals surface area contributed by atoms with Crippen LogP contribution in [-0.4, -0.2) is 5.91 Å². The number of benzene rings is 2. The minimum Gasteiger partial charge on any atom is -0.398 e. The summed E-state index contributed by atoms with van der Waals surface area (Å²) in [6.45, 7) is 0. The first kappa shape index (κ1) is 14.0. The topological polar surface area (TPSA) is 55.1 Å². The Balaban J connectivity index is 2.31. The van der Waals surface area contributed by atoms with Crippen LogP contribution in [0.5, 0.6) is 0 Å². The number of anilines is 2. The average molecular weight is 388 g/mol. The molecule has 19 heavy (non-hydrogen) atoms. The van der Waals surface area contributed by atoms with Crippen molar-refractivity contribution in [1.29, 1.82) is 0 Å². The quantitative estimate of drug-likeness (QED) is 0.759. The first-order chi connectivity index (χ1) is 8.99. The van der Waals surface area contributed by atoms with Gasteiger partial charge in [-0.1, -0.05) is 6.07 Å². The zero-order valence-corrected chi connectivity index (χ0v) is 12.8. The number of hydrogen-bond acceptors (Lipinski definition) is 2. The Morgan fingerprint density at radius 3 is 2.37 bits per heavy atom. The van der Waals surface area contributed by atoms with Crippen molar-refractivity contribution < 1.29 is 9.18 Å². The van der Waals surface area contributed by atoms with E-state index in [4.69, 9.17) is 5.73 Å². The fourth-order valence-electron chi connectivity index (χ4n) is 1.54. The molecular formula is C13H9Br2FN2O. The molecule has 0 saturated carbocycles. The van der Waals surface area contributed by atoms with E-state index in [1.807, 2.05) is 6.07 Å². The summed E-state index contributed by atoms with van der Waals surface area (Å²) in [5.74, 6) is -0.874. The van der Waals surface area contributed by atoms with E-state index in [2.05, 4.69) is 37.2 Å². The molecule has 0 aromatic heterocycles. The monoisotopic (exact) mass is 386 g/mol. The molecule has 98 valence electrons. The Morgan fingerprint density at radius 1 is 1.16 bits per heavy atom. The van der Waals surface area contributed by atoms with Crippen LogP contribution in [0.2, 0.25) is 0 Å². The second kappa shape index (κ2) is 5.71. The molecule has 0 atom stereocenters. The molecular weight excluding hydrogens is 379 g/mol. The molecule has 0 aliphatic rings. The third-order valence-electron chi connectivity index (χ3n) is 2.46. The SMILES string of the molecule is Nc1cc(F)ccc1C(=O)Nc1c(Br)cccc1Br. The van der Waals surface area contributed by atoms with E-state index < -0.39 is 11.7 Å². The number of carbonyl (C=O) groups is 1. The van der Waals surface area contributed by atoms with Gasteiger partial charge in [0.15, 0.2) is 0 Å². The van der Waals surface area contributed by atoms with Crippen LogP contribution in [0, 0.1) is 5.82 Å². The summed E-state index contributed by atoms with van der Waals surface area (Å²) in [7, 11) is 0. The lowest BCUT2D eigenvalue weighted by molar-refractivity contribution is 0.102. The van der Waals surface area contributed by atoms with Gasteiger partial charge in [-0.3, -0.25) is 4.79 Å². The first-order valence-corrected chi connectivity index (χ1v) is 6.88. The van der Waals surface area contributed by atoms with Crippen molar-refractivity contribution in [2.24, 2.45) is 0 Å². The summed E-state index contributed by atoms with van der Waals surface area (Å²) in [4.78, 5) is 12.1. The molecule has 2 aromatic carbocycles. The molecule has 2 aromatic rings. The fraction of sp³-hybridized carbons (Fsp3) is 0. The molecule has 0 aliphatic carbocycles. The van der Waals surface area contributed by atoms with E-state index in [1.54, 1.807) is 12.1 Å². The summed E-state index contributed by atoms with van der Waals surface area (Å²) in [6.07, 6.45) is 0. The van der Waals surface area contributed by atoms with Crippen LogP contribution >= 0.6 is 31.9 Å². The molecule has 1 amide bonds. The summed E-state index contributed by atoms with van der Waals surface area (Å²) < 4.78 is 14.4. The van der Waals surface area contributed by atoms with Crippen molar-refractivity contribution >= 4 is 49.1 Å². The van der Waals surface area contributed by atoms with Crippen molar-refractivity contribution in [3.05, 3.63) is 56.7 Å². The van der Waals surface area contributed by atoms with Crippen LogP contribution < -0.4 is 11.1 Å². The Kier molecular flexibility index (Phi) is 4.21. The molecule has 0 saturated heterocycles. The zero-order valence-electron chi connectivity index (χ0n) is 9.58. The van der Waals surface area contributed by atoms with Crippen LogP contribution in [0.4, 0.5) is 15.8 Å². The van der Waals surface area contributed by atoms with Crippen LogP contribution in [0.1, 0.15) is 10.4 Å². The molecule has 0 heterocycles. The summed E-state index contributed by atoms with van der Waals surface area (Å²) in [5.41, 5.74) is 6.55. The molecule has 0 unspecified atom stereocenters. The second-order valence-corrected chi connectivity index (χ2v) is 5.49. The second-order valence-electron chi connectivity index (χ2n) is 3.78. The van der Waals surface area contributed by atoms with E-state index in [1.165, 1.54) is 12.1 Å². The van der Waals surface area contributed by atoms with Gasteiger partial charge in [-0.15, -0.1) is 0 Å². The molecule has 0 aliphatic heterocycles. The van der Waals surface area contributed by atoms with Gasteiger partial charge in [-0.05, 0) is 62.2 Å². The number of nitrogens with two attached hydrogens (primary N) is 1. The highest BCUT2D eigenvalue weighted by molar-refractivity contribution is 9.11. The van der Waals surface area contributed by atoms with E-state index in [9.17, 15) is 9.18 Å². The lowest BCUT2D eigenvalue weighted by Crippen LogP contribution is -2.14. The van der Waals surface area contributed by atoms with Crippen molar-refractivity contribution in [2.45, 2.75) is 0 Å². The standard InChI is InChI=1S/C13H9Br2FN2O/c14-9-2-1-3-10(15)12(9)18-13(19)8-5-4-7(16)6-11(8)17/h1-6H,17H2,(H,18,19). The molecule has 3 N–H and O–H groups in total. The molecule has 0 radical (unpaired) electrons. The fourth-order valence-corrected chi connectivity index (χ4v) is 2.74. The number of para-hydroxylation sites is 1. The smallest absolute Gasteiger partial charge is 0.257 e. The number of carbonyl (C=O) groups excluding carboxylic acids is 1. The predicted octanol–water partition coefficient (Wildman–Crippen LogP) is 4.19. The highest BCUT2D eigenvalue weighted by atomic mass is 79.9. The maximum absolute atomic E-state index is 12.9. The van der Waals surface area contributed by atoms with Gasteiger partial charge in [-0.25, -0.2) is 4.39 Å². The molecule has 0 spiro atoms. The highest BCUT2D eigenvalue weighted by Gasteiger charge is 2.13. The number of hydrogen-bond donors (Lipinski definition) is 2. The Morgan fingerprint density at radius 2 is 1.79 bits per heavy atom. The summed E-state index contributed by atoms with van der Waals surface area (Å²) >= 11 is 6.68. The van der Waals surface area contributed by atoms with Crippen LogP contribution in [0.25, 0.3) is 0 Å². The minimum absolute atomic E-state index is 0.0978. The minimum atomic E-state index is -0.476. The van der Waals surface area contributed by atoms with Gasteiger partial charge >= 0.3 is 0 Å². The van der Waals surface area contributed by atoms with Gasteiger partial charge in [0.1, 0.15) is 5.82 Å². The molecule has 0 fully saturated rings. The third kappa shape index (κ3) is 3.13. The van der Waals surface area contributed by atoms with Crippen molar-refractivity contribution in [2.75, 3.05) is 11.1 Å². The van der Waals surface area contributed by atoms with Crippen molar-refractivity contribution in [3.63, 3.8) is 0 Å². The molecule has 3 nitrogen and oxygen atoms in total. The molecule has 6 heteroatoms. The van der Waals surface area contributed by atoms with Crippen LogP contribution in [-0.2, 0) is 0 Å². The Labute approximate surface area is 126 Å². The lowest BCUT2D eigenvalue weighted by Gasteiger charge is -2.10. The largest absolute Gasteiger partial charge is 0.398 e. The Bertz CT molecular complexity index is 626. The lowest BCUT2D eigenvalue weighted by atomic mass is 10.1. The third-order valence-corrected chi connectivity index (χ3v) is 3.78. The van der Waals surface area contributed by atoms with E-state index in [0.29, 0.717) is 5.69 Å². The number of rotatable bonds is 2. The van der Waals surface area contributed by atoms with Gasteiger partial charge in [0, 0.05) is 14.6 Å². The van der Waals surface area contributed by atoms with Gasteiger partial charge in [0.05, 0.1) is 11.3 Å². The summed E-state index contributed by atoms with van der Waals surface area (Å²) in [5, 5.41) is 2.72. The normalized spacial score (nSPS) is 10.3. The maximum Gasteiger partial charge on any atom is 0.257 e. The summed E-state index contributed by atoms with van der Waals surface area (Å²) in [6, 6.07) is 9.09. The maximum atomic E-state index is 12.9. The number of nitrogen functional groups attached to an aromatic ring is 1. The van der Waals surface area contributed by atoms with E-state index >= 15 is 0 Å². The Hall–Kier alpha value is -1.40. The number of nitrogens with one attached hydrogen (secondary N) is 1. The van der Waals surface area contributed by atoms with Gasteiger partial charge in [0.2, 0.25) is 0 Å². The first-order valence-electron chi connectivity index (χ1n) is 5.29. The van der Waals surface area contributed by atoms with Gasteiger partial charge in [0.25, 0.3) is 5.91 Å². The molecule has 0 bridgehead atoms. The number of halogens is 3. The number of amides is 1. The predicted molar refractivity (Wildman–Crippen MR) is 80.6 cm³/mol.